The Bertz CT molecular complexity index is 374. The number of carboxylic acid groups (broad SMARTS) is 1. The molecule has 0 saturated carbocycles. The molecule has 88 valence electrons. The summed E-state index contributed by atoms with van der Waals surface area (Å²) in [5, 5.41) is 11.8. The lowest BCUT2D eigenvalue weighted by Gasteiger charge is -2.33. The van der Waals surface area contributed by atoms with Crippen LogP contribution in [0.3, 0.4) is 0 Å². The summed E-state index contributed by atoms with van der Waals surface area (Å²) in [6.07, 6.45) is 0.464. The van der Waals surface area contributed by atoms with Crippen molar-refractivity contribution in [2.45, 2.75) is 38.3 Å². The molecule has 0 aromatic heterocycles. The van der Waals surface area contributed by atoms with Crippen LogP contribution < -0.4 is 5.32 Å². The minimum absolute atomic E-state index is 0.0106. The Morgan fingerprint density at radius 1 is 1.47 bits per heavy atom. The monoisotopic (exact) mass is 235 g/mol. The molecule has 0 amide bonds. The van der Waals surface area contributed by atoms with Gasteiger partial charge in [-0.05, 0) is 27.2 Å². The average Bonchev–Trinajstić information content (AvgIpc) is 2.23. The molecule has 5 nitrogen and oxygen atoms in total. The molecule has 1 fully saturated rings. The predicted octanol–water partition coefficient (Wildman–Crippen LogP) is 0.0164. The van der Waals surface area contributed by atoms with Gasteiger partial charge in [0, 0.05) is 5.54 Å². The number of carboxylic acids is 1. The summed E-state index contributed by atoms with van der Waals surface area (Å²) in [5.74, 6) is -0.837. The summed E-state index contributed by atoms with van der Waals surface area (Å²) >= 11 is 0. The van der Waals surface area contributed by atoms with Gasteiger partial charge in [-0.1, -0.05) is 0 Å². The van der Waals surface area contributed by atoms with Crippen LogP contribution in [0.2, 0.25) is 0 Å². The average molecular weight is 235 g/mol. The number of hydrogen-bond acceptors (Lipinski definition) is 4. The van der Waals surface area contributed by atoms with Crippen LogP contribution in [0.5, 0.6) is 0 Å². The van der Waals surface area contributed by atoms with Gasteiger partial charge in [-0.3, -0.25) is 10.1 Å². The van der Waals surface area contributed by atoms with Crippen LogP contribution in [0.15, 0.2) is 0 Å². The van der Waals surface area contributed by atoms with E-state index in [1.807, 2.05) is 0 Å². The summed E-state index contributed by atoms with van der Waals surface area (Å²) in [6.45, 7) is 4.82. The molecular weight excluding hydrogens is 218 g/mol. The van der Waals surface area contributed by atoms with Gasteiger partial charge < -0.3 is 5.11 Å². The summed E-state index contributed by atoms with van der Waals surface area (Å²) in [7, 11) is -3.01. The van der Waals surface area contributed by atoms with Crippen molar-refractivity contribution in [3.8, 4) is 0 Å². The molecule has 6 heteroatoms. The van der Waals surface area contributed by atoms with Crippen LogP contribution in [0.1, 0.15) is 27.2 Å². The van der Waals surface area contributed by atoms with Crippen molar-refractivity contribution in [2.75, 3.05) is 11.5 Å². The number of carbonyl (C=O) groups is 1. The molecule has 2 N–H and O–H groups in total. The molecule has 1 aliphatic heterocycles. The molecular formula is C9H17NO4S. The van der Waals surface area contributed by atoms with Crippen LogP contribution in [-0.4, -0.2) is 42.1 Å². The van der Waals surface area contributed by atoms with E-state index in [1.165, 1.54) is 13.8 Å². The Kier molecular flexibility index (Phi) is 2.86. The highest BCUT2D eigenvalue weighted by Gasteiger charge is 2.43. The van der Waals surface area contributed by atoms with Crippen molar-refractivity contribution in [1.29, 1.82) is 0 Å². The fraction of sp³-hybridized carbons (Fsp3) is 0.889. The molecule has 1 rings (SSSR count). The lowest BCUT2D eigenvalue weighted by Crippen LogP contribution is -2.58. The van der Waals surface area contributed by atoms with E-state index in [9.17, 15) is 13.2 Å². The molecule has 1 unspecified atom stereocenters. The Hall–Kier alpha value is -0.620. The van der Waals surface area contributed by atoms with Gasteiger partial charge in [0.1, 0.15) is 5.54 Å². The van der Waals surface area contributed by atoms with Gasteiger partial charge in [0.2, 0.25) is 0 Å². The lowest BCUT2D eigenvalue weighted by molar-refractivity contribution is -0.144. The third-order valence-corrected chi connectivity index (χ3v) is 4.56. The number of aliphatic carboxylic acids is 1. The van der Waals surface area contributed by atoms with E-state index >= 15 is 0 Å². The number of hydrogen-bond donors (Lipinski definition) is 2. The SMILES string of the molecule is CC1(NC(C)(C)C(=O)O)CCS(=O)(=O)C1. The lowest BCUT2D eigenvalue weighted by atomic mass is 9.95. The fourth-order valence-electron chi connectivity index (χ4n) is 1.92. The van der Waals surface area contributed by atoms with E-state index in [4.69, 9.17) is 5.11 Å². The zero-order valence-electron chi connectivity index (χ0n) is 9.20. The second kappa shape index (κ2) is 3.45. The number of nitrogens with one attached hydrogen (secondary N) is 1. The normalized spacial score (nSPS) is 30.3. The van der Waals surface area contributed by atoms with Crippen molar-refractivity contribution >= 4 is 15.8 Å². The Morgan fingerprint density at radius 3 is 2.33 bits per heavy atom. The van der Waals surface area contributed by atoms with Crippen molar-refractivity contribution in [3.63, 3.8) is 0 Å². The maximum atomic E-state index is 11.3. The number of rotatable bonds is 3. The van der Waals surface area contributed by atoms with E-state index in [0.717, 1.165) is 0 Å². The van der Waals surface area contributed by atoms with Gasteiger partial charge in [-0.15, -0.1) is 0 Å². The van der Waals surface area contributed by atoms with Crippen molar-refractivity contribution in [1.82, 2.24) is 5.32 Å². The van der Waals surface area contributed by atoms with Gasteiger partial charge in [-0.25, -0.2) is 8.42 Å². The highest BCUT2D eigenvalue weighted by atomic mass is 32.2. The molecule has 0 aromatic carbocycles. The van der Waals surface area contributed by atoms with Gasteiger partial charge in [0.25, 0.3) is 0 Å². The molecule has 1 heterocycles. The van der Waals surface area contributed by atoms with Gasteiger partial charge >= 0.3 is 5.97 Å². The molecule has 1 atom stereocenters. The minimum atomic E-state index is -3.01. The van der Waals surface area contributed by atoms with Gasteiger partial charge in [-0.2, -0.15) is 0 Å². The van der Waals surface area contributed by atoms with Crippen LogP contribution in [0.25, 0.3) is 0 Å². The third kappa shape index (κ3) is 2.92. The molecule has 0 radical (unpaired) electrons. The van der Waals surface area contributed by atoms with Crippen molar-refractivity contribution in [2.24, 2.45) is 0 Å². The van der Waals surface area contributed by atoms with E-state index < -0.39 is 26.9 Å². The second-order valence-electron chi connectivity index (χ2n) is 4.96. The largest absolute Gasteiger partial charge is 0.480 e. The van der Waals surface area contributed by atoms with Crippen LogP contribution >= 0.6 is 0 Å². The zero-order chi connectivity index (χ0) is 11.9. The van der Waals surface area contributed by atoms with Gasteiger partial charge in [0.05, 0.1) is 11.5 Å². The smallest absolute Gasteiger partial charge is 0.323 e. The first-order valence-electron chi connectivity index (χ1n) is 4.80. The maximum absolute atomic E-state index is 11.3. The van der Waals surface area contributed by atoms with Crippen molar-refractivity contribution < 1.29 is 18.3 Å². The van der Waals surface area contributed by atoms with Crippen LogP contribution in [0.4, 0.5) is 0 Å². The Labute approximate surface area is 89.8 Å². The molecule has 1 saturated heterocycles. The topological polar surface area (TPSA) is 83.5 Å². The summed E-state index contributed by atoms with van der Waals surface area (Å²) in [4.78, 5) is 10.9. The van der Waals surface area contributed by atoms with E-state index in [1.54, 1.807) is 6.92 Å². The first-order valence-corrected chi connectivity index (χ1v) is 6.62. The quantitative estimate of drug-likeness (QED) is 0.720. The highest BCUT2D eigenvalue weighted by Crippen LogP contribution is 2.25. The first kappa shape index (κ1) is 12.4. The van der Waals surface area contributed by atoms with Gasteiger partial charge in [0.15, 0.2) is 9.84 Å². The predicted molar refractivity (Wildman–Crippen MR) is 56.5 cm³/mol. The number of sulfone groups is 1. The van der Waals surface area contributed by atoms with Crippen LogP contribution in [0, 0.1) is 0 Å². The molecule has 0 aromatic rings. The second-order valence-corrected chi connectivity index (χ2v) is 7.14. The van der Waals surface area contributed by atoms with E-state index in [2.05, 4.69) is 5.32 Å². The standard InChI is InChI=1S/C9H17NO4S/c1-8(2,7(11)12)10-9(3)4-5-15(13,14)6-9/h10H,4-6H2,1-3H3,(H,11,12). The zero-order valence-corrected chi connectivity index (χ0v) is 10.0. The van der Waals surface area contributed by atoms with E-state index in [0.29, 0.717) is 6.42 Å². The minimum Gasteiger partial charge on any atom is -0.480 e. The maximum Gasteiger partial charge on any atom is 0.323 e. The summed E-state index contributed by atoms with van der Waals surface area (Å²) < 4.78 is 22.6. The Morgan fingerprint density at radius 2 is 2.00 bits per heavy atom. The Balaban J connectivity index is 2.80. The summed E-state index contributed by atoms with van der Waals surface area (Å²) in [5.41, 5.74) is -1.73. The van der Waals surface area contributed by atoms with Crippen LogP contribution in [-0.2, 0) is 14.6 Å². The molecule has 0 aliphatic carbocycles. The van der Waals surface area contributed by atoms with E-state index in [-0.39, 0.29) is 11.5 Å². The molecule has 15 heavy (non-hydrogen) atoms. The molecule has 1 aliphatic rings. The first-order chi connectivity index (χ1) is 6.56. The molecule has 0 spiro atoms. The summed E-state index contributed by atoms with van der Waals surface area (Å²) in [6, 6.07) is 0. The third-order valence-electron chi connectivity index (χ3n) is 2.65. The highest BCUT2D eigenvalue weighted by molar-refractivity contribution is 7.91. The fourth-order valence-corrected chi connectivity index (χ4v) is 4.01. The van der Waals surface area contributed by atoms with Crippen molar-refractivity contribution in [3.05, 3.63) is 0 Å². The molecule has 0 bridgehead atoms.